The average molecular weight is 292 g/mol. The summed E-state index contributed by atoms with van der Waals surface area (Å²) in [6.45, 7) is 2.01. The third kappa shape index (κ3) is 3.82. The second-order valence-electron chi connectivity index (χ2n) is 6.16. The van der Waals surface area contributed by atoms with Crippen LogP contribution < -0.4 is 5.01 Å². The van der Waals surface area contributed by atoms with E-state index in [9.17, 15) is 9.18 Å². The molecule has 0 radical (unpaired) electrons. The van der Waals surface area contributed by atoms with Gasteiger partial charge in [0.25, 0.3) is 0 Å². The third-order valence-corrected chi connectivity index (χ3v) is 4.41. The molecule has 0 bridgehead atoms. The molecule has 0 heterocycles. The number of carbonyl (C=O) groups excluding carboxylic acids is 1. The number of hydrogen-bond acceptors (Lipinski definition) is 2. The van der Waals surface area contributed by atoms with E-state index in [1.54, 1.807) is 22.2 Å². The monoisotopic (exact) mass is 292 g/mol. The number of rotatable bonds is 4. The number of anilines is 1. The highest BCUT2D eigenvalue weighted by molar-refractivity contribution is 5.94. The van der Waals surface area contributed by atoms with Gasteiger partial charge < -0.3 is 0 Å². The molecule has 21 heavy (non-hydrogen) atoms. The summed E-state index contributed by atoms with van der Waals surface area (Å²) in [4.78, 5) is 12.9. The second kappa shape index (κ2) is 7.03. The number of carbonyl (C=O) groups is 1. The van der Waals surface area contributed by atoms with Gasteiger partial charge in [0, 0.05) is 20.0 Å². The molecule has 1 amide bonds. The van der Waals surface area contributed by atoms with Crippen LogP contribution in [-0.2, 0) is 4.79 Å². The maximum atomic E-state index is 13.5. The highest BCUT2D eigenvalue weighted by Gasteiger charge is 2.30. The molecule has 2 rings (SSSR count). The van der Waals surface area contributed by atoms with Crippen molar-refractivity contribution < 1.29 is 9.18 Å². The fourth-order valence-electron chi connectivity index (χ4n) is 3.19. The van der Waals surface area contributed by atoms with Crippen molar-refractivity contribution in [2.75, 3.05) is 19.1 Å². The number of amides is 1. The van der Waals surface area contributed by atoms with Gasteiger partial charge in [0.15, 0.2) is 0 Å². The maximum Gasteiger partial charge on any atom is 0.244 e. The largest absolute Gasteiger partial charge is 0.273 e. The van der Waals surface area contributed by atoms with E-state index in [1.807, 2.05) is 21.0 Å². The van der Waals surface area contributed by atoms with Gasteiger partial charge in [-0.1, -0.05) is 32.3 Å². The lowest BCUT2D eigenvalue weighted by atomic mass is 9.80. The second-order valence-corrected chi connectivity index (χ2v) is 6.16. The summed E-state index contributed by atoms with van der Waals surface area (Å²) >= 11 is 0. The SMILES string of the molecule is CC(C(=O)N(c1cccc(F)c1)N(C)C)C1CCCCC1. The summed E-state index contributed by atoms with van der Waals surface area (Å²) in [6.07, 6.45) is 5.95. The number of hydrogen-bond donors (Lipinski definition) is 0. The van der Waals surface area contributed by atoms with Gasteiger partial charge in [0.05, 0.1) is 5.69 Å². The minimum atomic E-state index is -0.322. The molecule has 1 unspecified atom stereocenters. The summed E-state index contributed by atoms with van der Waals surface area (Å²) < 4.78 is 13.5. The standard InChI is InChI=1S/C17H25FN2O/c1-13(14-8-5-4-6-9-14)17(21)20(19(2)3)16-11-7-10-15(18)12-16/h7,10-14H,4-6,8-9H2,1-3H3. The Bertz CT molecular complexity index is 483. The molecule has 0 aromatic heterocycles. The summed E-state index contributed by atoms with van der Waals surface area (Å²) in [6, 6.07) is 6.21. The molecule has 1 aliphatic rings. The average Bonchev–Trinajstić information content (AvgIpc) is 2.47. The number of nitrogens with zero attached hydrogens (tertiary/aromatic N) is 2. The zero-order valence-electron chi connectivity index (χ0n) is 13.2. The van der Waals surface area contributed by atoms with E-state index in [-0.39, 0.29) is 17.6 Å². The Hall–Kier alpha value is -1.42. The zero-order valence-corrected chi connectivity index (χ0v) is 13.2. The van der Waals surface area contributed by atoms with Crippen molar-refractivity contribution in [3.63, 3.8) is 0 Å². The van der Waals surface area contributed by atoms with E-state index in [4.69, 9.17) is 0 Å². The van der Waals surface area contributed by atoms with Crippen LogP contribution in [0.4, 0.5) is 10.1 Å². The van der Waals surface area contributed by atoms with Crippen molar-refractivity contribution in [3.8, 4) is 0 Å². The first-order valence-corrected chi connectivity index (χ1v) is 7.77. The summed E-state index contributed by atoms with van der Waals surface area (Å²) in [5.74, 6) is 0.146. The Morgan fingerprint density at radius 2 is 1.90 bits per heavy atom. The summed E-state index contributed by atoms with van der Waals surface area (Å²) in [5, 5.41) is 3.32. The van der Waals surface area contributed by atoms with Gasteiger partial charge in [-0.25, -0.2) is 14.4 Å². The Morgan fingerprint density at radius 1 is 1.24 bits per heavy atom. The highest BCUT2D eigenvalue weighted by Crippen LogP contribution is 2.32. The van der Waals surface area contributed by atoms with Crippen LogP contribution in [0.2, 0.25) is 0 Å². The molecule has 1 fully saturated rings. The van der Waals surface area contributed by atoms with E-state index < -0.39 is 0 Å². The van der Waals surface area contributed by atoms with Crippen LogP contribution in [0.25, 0.3) is 0 Å². The maximum absolute atomic E-state index is 13.5. The van der Waals surface area contributed by atoms with Gasteiger partial charge >= 0.3 is 0 Å². The van der Waals surface area contributed by atoms with Crippen LogP contribution in [0, 0.1) is 17.7 Å². The molecule has 0 saturated heterocycles. The Labute approximate surface area is 126 Å². The molecule has 0 aliphatic heterocycles. The topological polar surface area (TPSA) is 23.6 Å². The van der Waals surface area contributed by atoms with E-state index in [0.29, 0.717) is 11.6 Å². The van der Waals surface area contributed by atoms with Gasteiger partial charge in [0.1, 0.15) is 5.82 Å². The first kappa shape index (κ1) is 16.0. The van der Waals surface area contributed by atoms with Crippen molar-refractivity contribution in [1.82, 2.24) is 5.01 Å². The zero-order chi connectivity index (χ0) is 15.4. The number of halogens is 1. The van der Waals surface area contributed by atoms with Gasteiger partial charge in [-0.3, -0.25) is 4.79 Å². The van der Waals surface area contributed by atoms with Crippen LogP contribution in [0.15, 0.2) is 24.3 Å². The van der Waals surface area contributed by atoms with Crippen molar-refractivity contribution >= 4 is 11.6 Å². The Balaban J connectivity index is 2.19. The lowest BCUT2D eigenvalue weighted by molar-refractivity contribution is -0.126. The molecule has 1 aromatic rings. The predicted molar refractivity (Wildman–Crippen MR) is 83.3 cm³/mol. The first-order chi connectivity index (χ1) is 10.0. The molecule has 1 saturated carbocycles. The minimum absolute atomic E-state index is 0.0315. The molecule has 4 heteroatoms. The number of benzene rings is 1. The highest BCUT2D eigenvalue weighted by atomic mass is 19.1. The summed E-state index contributed by atoms with van der Waals surface area (Å²) in [7, 11) is 3.63. The molecular formula is C17H25FN2O. The van der Waals surface area contributed by atoms with Gasteiger partial charge in [0.2, 0.25) is 5.91 Å². The van der Waals surface area contributed by atoms with Gasteiger partial charge in [-0.2, -0.15) is 0 Å². The molecule has 1 aliphatic carbocycles. The quantitative estimate of drug-likeness (QED) is 0.787. The van der Waals surface area contributed by atoms with E-state index >= 15 is 0 Å². The van der Waals surface area contributed by atoms with Crippen LogP contribution in [0.3, 0.4) is 0 Å². The van der Waals surface area contributed by atoms with Crippen LogP contribution >= 0.6 is 0 Å². The molecule has 116 valence electrons. The van der Waals surface area contributed by atoms with Crippen LogP contribution in [-0.4, -0.2) is 25.0 Å². The molecule has 1 aromatic carbocycles. The summed E-state index contributed by atoms with van der Waals surface area (Å²) in [5.41, 5.74) is 0.590. The van der Waals surface area contributed by atoms with Crippen molar-refractivity contribution in [1.29, 1.82) is 0 Å². The van der Waals surface area contributed by atoms with E-state index in [2.05, 4.69) is 0 Å². The molecule has 3 nitrogen and oxygen atoms in total. The lowest BCUT2D eigenvalue weighted by Crippen LogP contribution is -2.46. The van der Waals surface area contributed by atoms with E-state index in [1.165, 1.54) is 31.4 Å². The third-order valence-electron chi connectivity index (χ3n) is 4.41. The molecule has 0 spiro atoms. The normalized spacial score (nSPS) is 17.8. The van der Waals surface area contributed by atoms with Crippen molar-refractivity contribution in [2.45, 2.75) is 39.0 Å². The first-order valence-electron chi connectivity index (χ1n) is 7.77. The van der Waals surface area contributed by atoms with Gasteiger partial charge in [-0.15, -0.1) is 0 Å². The lowest BCUT2D eigenvalue weighted by Gasteiger charge is -2.35. The fraction of sp³-hybridized carbons (Fsp3) is 0.588. The van der Waals surface area contributed by atoms with Crippen LogP contribution in [0.5, 0.6) is 0 Å². The van der Waals surface area contributed by atoms with E-state index in [0.717, 1.165) is 12.8 Å². The van der Waals surface area contributed by atoms with Crippen molar-refractivity contribution in [2.24, 2.45) is 11.8 Å². The number of hydrazine groups is 1. The Morgan fingerprint density at radius 3 is 2.48 bits per heavy atom. The minimum Gasteiger partial charge on any atom is -0.273 e. The molecule has 1 atom stereocenters. The van der Waals surface area contributed by atoms with Crippen LogP contribution in [0.1, 0.15) is 39.0 Å². The molecular weight excluding hydrogens is 267 g/mol. The predicted octanol–water partition coefficient (Wildman–Crippen LogP) is 3.85. The smallest absolute Gasteiger partial charge is 0.244 e. The van der Waals surface area contributed by atoms with Crippen molar-refractivity contribution in [3.05, 3.63) is 30.1 Å². The van der Waals surface area contributed by atoms with Gasteiger partial charge in [-0.05, 0) is 37.0 Å². The Kier molecular flexibility index (Phi) is 5.34. The fourth-order valence-corrected chi connectivity index (χ4v) is 3.19. The molecule has 0 N–H and O–H groups in total.